The van der Waals surface area contributed by atoms with Gasteiger partial charge in [0.1, 0.15) is 6.17 Å². The molecule has 1 aliphatic heterocycles. The predicted octanol–water partition coefficient (Wildman–Crippen LogP) is 13.6. The molecule has 1 unspecified atom stereocenters. The molecule has 41 heavy (non-hydrogen) atoms. The summed E-state index contributed by atoms with van der Waals surface area (Å²) in [6, 6.07) is 0. The molecule has 0 amide bonds. The fourth-order valence-electron chi connectivity index (χ4n) is 6.69. The molecule has 0 spiro atoms. The first-order valence-corrected chi connectivity index (χ1v) is 19.5. The van der Waals surface area contributed by atoms with Crippen LogP contribution in [-0.2, 0) is 0 Å². The van der Waals surface area contributed by atoms with Crippen molar-refractivity contribution in [2.75, 3.05) is 13.1 Å². The van der Waals surface area contributed by atoms with Gasteiger partial charge in [-0.3, -0.25) is 0 Å². The van der Waals surface area contributed by atoms with Gasteiger partial charge in [-0.05, 0) is 25.7 Å². The molecular formula is C39H78N2. The Labute approximate surface area is 260 Å². The fraction of sp³-hybridized carbons (Fsp3) is 0.949. The molecule has 0 aromatic rings. The zero-order valence-corrected chi connectivity index (χ0v) is 29.0. The first-order chi connectivity index (χ1) is 20.3. The van der Waals surface area contributed by atoms with Crippen LogP contribution in [0.25, 0.3) is 0 Å². The standard InChI is InChI=1S/C39H78N2/c1-4-7-10-12-14-16-18-20-21-22-24-26-28-30-32-34-39-40(35-9-6-3)37-38-41(39)36-33-31-29-27-25-23-19-17-15-13-11-8-5-2/h37-39H,4-36H2,1-3H3. The van der Waals surface area contributed by atoms with Crippen LogP contribution in [0.5, 0.6) is 0 Å². The second-order valence-electron chi connectivity index (χ2n) is 13.6. The minimum atomic E-state index is 0.640. The molecule has 0 fully saturated rings. The maximum Gasteiger partial charge on any atom is 0.101 e. The van der Waals surface area contributed by atoms with Crippen molar-refractivity contribution in [2.45, 2.75) is 226 Å². The van der Waals surface area contributed by atoms with Crippen LogP contribution in [0.1, 0.15) is 220 Å². The van der Waals surface area contributed by atoms with Crippen molar-refractivity contribution in [2.24, 2.45) is 0 Å². The summed E-state index contributed by atoms with van der Waals surface area (Å²) in [5.74, 6) is 0. The molecule has 0 bridgehead atoms. The second-order valence-corrected chi connectivity index (χ2v) is 13.6. The molecule has 1 rings (SSSR count). The fourth-order valence-corrected chi connectivity index (χ4v) is 6.69. The van der Waals surface area contributed by atoms with E-state index in [2.05, 4.69) is 43.0 Å². The maximum absolute atomic E-state index is 2.69. The van der Waals surface area contributed by atoms with Crippen molar-refractivity contribution >= 4 is 0 Å². The van der Waals surface area contributed by atoms with Crippen LogP contribution in [0.15, 0.2) is 12.4 Å². The van der Waals surface area contributed by atoms with E-state index in [0.717, 1.165) is 0 Å². The Bertz CT molecular complexity index is 530. The maximum atomic E-state index is 2.69. The summed E-state index contributed by atoms with van der Waals surface area (Å²) in [6.45, 7) is 9.45. The summed E-state index contributed by atoms with van der Waals surface area (Å²) in [5, 5.41) is 0. The highest BCUT2D eigenvalue weighted by atomic mass is 15.4. The van der Waals surface area contributed by atoms with Gasteiger partial charge in [0.05, 0.1) is 0 Å². The third-order valence-electron chi connectivity index (χ3n) is 9.57. The number of nitrogens with zero attached hydrogens (tertiary/aromatic N) is 2. The van der Waals surface area contributed by atoms with Gasteiger partial charge in [0, 0.05) is 25.5 Å². The Morgan fingerprint density at radius 2 is 0.585 bits per heavy atom. The second kappa shape index (κ2) is 30.8. The van der Waals surface area contributed by atoms with Crippen molar-refractivity contribution in [3.8, 4) is 0 Å². The summed E-state index contributed by atoms with van der Waals surface area (Å²) >= 11 is 0. The van der Waals surface area contributed by atoms with Crippen molar-refractivity contribution in [3.05, 3.63) is 12.4 Å². The third kappa shape index (κ3) is 23.5. The van der Waals surface area contributed by atoms with Crippen LogP contribution >= 0.6 is 0 Å². The van der Waals surface area contributed by atoms with Crippen molar-refractivity contribution in [1.82, 2.24) is 9.80 Å². The average Bonchev–Trinajstić information content (AvgIpc) is 3.37. The lowest BCUT2D eigenvalue weighted by atomic mass is 10.0. The zero-order valence-electron chi connectivity index (χ0n) is 29.0. The molecule has 0 aliphatic carbocycles. The van der Waals surface area contributed by atoms with Gasteiger partial charge in [-0.15, -0.1) is 0 Å². The first-order valence-electron chi connectivity index (χ1n) is 19.5. The van der Waals surface area contributed by atoms with E-state index in [1.807, 2.05) is 0 Å². The number of hydrogen-bond donors (Lipinski definition) is 0. The Morgan fingerprint density at radius 1 is 0.317 bits per heavy atom. The van der Waals surface area contributed by atoms with E-state index in [9.17, 15) is 0 Å². The van der Waals surface area contributed by atoms with Gasteiger partial charge in [-0.1, -0.05) is 194 Å². The minimum Gasteiger partial charge on any atom is -0.356 e. The quantitative estimate of drug-likeness (QED) is 0.0719. The van der Waals surface area contributed by atoms with Gasteiger partial charge in [0.2, 0.25) is 0 Å². The summed E-state index contributed by atoms with van der Waals surface area (Å²) in [6.07, 6.45) is 50.0. The van der Waals surface area contributed by atoms with Gasteiger partial charge in [-0.2, -0.15) is 0 Å². The summed E-state index contributed by atoms with van der Waals surface area (Å²) < 4.78 is 0. The molecule has 2 heteroatoms. The monoisotopic (exact) mass is 575 g/mol. The zero-order chi connectivity index (χ0) is 29.5. The molecule has 0 aromatic carbocycles. The minimum absolute atomic E-state index is 0.640. The lowest BCUT2D eigenvalue weighted by Gasteiger charge is -2.33. The predicted molar refractivity (Wildman–Crippen MR) is 186 cm³/mol. The lowest BCUT2D eigenvalue weighted by molar-refractivity contribution is 0.136. The molecule has 0 radical (unpaired) electrons. The van der Waals surface area contributed by atoms with Crippen LogP contribution in [-0.4, -0.2) is 29.1 Å². The highest BCUT2D eigenvalue weighted by Gasteiger charge is 2.24. The Kier molecular flexibility index (Phi) is 28.8. The summed E-state index contributed by atoms with van der Waals surface area (Å²) in [5.41, 5.74) is 0. The molecule has 0 saturated heterocycles. The van der Waals surface area contributed by atoms with Gasteiger partial charge in [0.25, 0.3) is 0 Å². The SMILES string of the molecule is CCCCCCCCCCCCCCCCCC1N(CCCC)C=CN1CCCCCCCCCCCCCCC. The molecule has 2 nitrogen and oxygen atoms in total. The number of unbranched alkanes of at least 4 members (excludes halogenated alkanes) is 27. The molecule has 244 valence electrons. The van der Waals surface area contributed by atoms with Crippen LogP contribution in [0.2, 0.25) is 0 Å². The van der Waals surface area contributed by atoms with E-state index in [1.54, 1.807) is 0 Å². The van der Waals surface area contributed by atoms with E-state index in [1.165, 1.54) is 212 Å². The molecular weight excluding hydrogens is 496 g/mol. The van der Waals surface area contributed by atoms with Crippen molar-refractivity contribution in [1.29, 1.82) is 0 Å². The summed E-state index contributed by atoms with van der Waals surface area (Å²) in [4.78, 5) is 5.35. The number of hydrogen-bond acceptors (Lipinski definition) is 2. The van der Waals surface area contributed by atoms with Crippen LogP contribution in [0.4, 0.5) is 0 Å². The van der Waals surface area contributed by atoms with E-state index in [-0.39, 0.29) is 0 Å². The number of rotatable bonds is 33. The molecule has 1 atom stereocenters. The lowest BCUT2D eigenvalue weighted by Crippen LogP contribution is -2.39. The van der Waals surface area contributed by atoms with Gasteiger partial charge in [-0.25, -0.2) is 0 Å². The Balaban J connectivity index is 2.03. The topological polar surface area (TPSA) is 6.48 Å². The first kappa shape index (κ1) is 38.4. The normalized spacial score (nSPS) is 15.0. The van der Waals surface area contributed by atoms with E-state index >= 15 is 0 Å². The van der Waals surface area contributed by atoms with E-state index in [4.69, 9.17) is 0 Å². The van der Waals surface area contributed by atoms with Gasteiger partial charge < -0.3 is 9.80 Å². The smallest absolute Gasteiger partial charge is 0.101 e. The van der Waals surface area contributed by atoms with Crippen molar-refractivity contribution in [3.63, 3.8) is 0 Å². The Hall–Kier alpha value is -0.660. The summed E-state index contributed by atoms with van der Waals surface area (Å²) in [7, 11) is 0. The highest BCUT2D eigenvalue weighted by molar-refractivity contribution is 4.96. The van der Waals surface area contributed by atoms with Crippen molar-refractivity contribution < 1.29 is 0 Å². The van der Waals surface area contributed by atoms with E-state index < -0.39 is 0 Å². The molecule has 0 aromatic heterocycles. The van der Waals surface area contributed by atoms with Crippen LogP contribution in [0.3, 0.4) is 0 Å². The Morgan fingerprint density at radius 3 is 0.927 bits per heavy atom. The van der Waals surface area contributed by atoms with Crippen LogP contribution < -0.4 is 0 Å². The molecule has 1 heterocycles. The van der Waals surface area contributed by atoms with Gasteiger partial charge in [0.15, 0.2) is 0 Å². The highest BCUT2D eigenvalue weighted by Crippen LogP contribution is 2.24. The molecule has 0 N–H and O–H groups in total. The molecule has 0 saturated carbocycles. The van der Waals surface area contributed by atoms with E-state index in [0.29, 0.717) is 6.17 Å². The third-order valence-corrected chi connectivity index (χ3v) is 9.57. The largest absolute Gasteiger partial charge is 0.356 e. The molecule has 1 aliphatic rings. The van der Waals surface area contributed by atoms with Gasteiger partial charge >= 0.3 is 0 Å². The van der Waals surface area contributed by atoms with Crippen LogP contribution in [0, 0.1) is 0 Å². The average molecular weight is 575 g/mol.